The van der Waals surface area contributed by atoms with E-state index in [1.54, 1.807) is 20.8 Å². The number of anilines is 1. The lowest BCUT2D eigenvalue weighted by molar-refractivity contribution is -0.147. The molecule has 120 valence electrons. The highest BCUT2D eigenvalue weighted by molar-refractivity contribution is 5.97. The number of carbonyl (C=O) groups excluding carboxylic acids is 2. The highest BCUT2D eigenvalue weighted by Gasteiger charge is 2.40. The molecule has 22 heavy (non-hydrogen) atoms. The Morgan fingerprint density at radius 1 is 1.32 bits per heavy atom. The van der Waals surface area contributed by atoms with Gasteiger partial charge in [-0.1, -0.05) is 32.0 Å². The normalized spacial score (nSPS) is 18.5. The molecular formula is C17H23NO4. The van der Waals surface area contributed by atoms with E-state index >= 15 is 0 Å². The number of ether oxygens (including phenoxy) is 2. The van der Waals surface area contributed by atoms with Crippen LogP contribution < -0.4 is 4.90 Å². The van der Waals surface area contributed by atoms with Gasteiger partial charge in [-0.25, -0.2) is 9.59 Å². The van der Waals surface area contributed by atoms with Crippen LogP contribution in [0.2, 0.25) is 0 Å². The second-order valence-electron chi connectivity index (χ2n) is 6.78. The summed E-state index contributed by atoms with van der Waals surface area (Å²) in [4.78, 5) is 26.4. The number of nitrogens with zero attached hydrogens (tertiary/aromatic N) is 1. The van der Waals surface area contributed by atoms with Gasteiger partial charge in [0.1, 0.15) is 18.2 Å². The van der Waals surface area contributed by atoms with E-state index in [4.69, 9.17) is 9.47 Å². The second kappa shape index (κ2) is 5.99. The summed E-state index contributed by atoms with van der Waals surface area (Å²) in [5, 5.41) is 0. The van der Waals surface area contributed by atoms with Crippen LogP contribution in [-0.4, -0.2) is 23.7 Å². The fourth-order valence-electron chi connectivity index (χ4n) is 2.45. The van der Waals surface area contributed by atoms with Crippen LogP contribution >= 0.6 is 0 Å². The minimum Gasteiger partial charge on any atom is -0.459 e. The van der Waals surface area contributed by atoms with E-state index in [0.717, 1.165) is 5.56 Å². The first-order chi connectivity index (χ1) is 10.2. The van der Waals surface area contributed by atoms with Gasteiger partial charge in [-0.05, 0) is 32.8 Å². The Labute approximate surface area is 131 Å². The van der Waals surface area contributed by atoms with Gasteiger partial charge < -0.3 is 9.47 Å². The van der Waals surface area contributed by atoms with Crippen molar-refractivity contribution in [2.45, 2.75) is 52.9 Å². The largest absolute Gasteiger partial charge is 0.459 e. The predicted molar refractivity (Wildman–Crippen MR) is 83.6 cm³/mol. The Hall–Kier alpha value is -2.04. The molecule has 0 bridgehead atoms. The molecular weight excluding hydrogens is 282 g/mol. The summed E-state index contributed by atoms with van der Waals surface area (Å²) in [7, 11) is 0. The van der Waals surface area contributed by atoms with Gasteiger partial charge >= 0.3 is 12.1 Å². The smallest absolute Gasteiger partial charge is 0.415 e. The lowest BCUT2D eigenvalue weighted by Gasteiger charge is -2.33. The molecule has 0 spiro atoms. The van der Waals surface area contributed by atoms with E-state index in [1.807, 2.05) is 38.1 Å². The molecule has 0 radical (unpaired) electrons. The fourth-order valence-corrected chi connectivity index (χ4v) is 2.45. The number of carbonyl (C=O) groups is 2. The first-order valence-corrected chi connectivity index (χ1v) is 7.47. The van der Waals surface area contributed by atoms with Crippen molar-refractivity contribution in [2.24, 2.45) is 5.92 Å². The van der Waals surface area contributed by atoms with Crippen LogP contribution in [0.1, 0.15) is 40.2 Å². The minimum absolute atomic E-state index is 0.0915. The summed E-state index contributed by atoms with van der Waals surface area (Å²) in [6.07, 6.45) is -0.530. The number of rotatable bonds is 1. The van der Waals surface area contributed by atoms with E-state index in [1.165, 1.54) is 4.90 Å². The molecule has 0 unspecified atom stereocenters. The maximum absolute atomic E-state index is 12.7. The van der Waals surface area contributed by atoms with E-state index in [2.05, 4.69) is 0 Å². The SMILES string of the molecule is CC(C)[C@H]1C(=O)OCc2ccccc2N1C(=O)OC(C)(C)C. The number of cyclic esters (lactones) is 1. The molecule has 1 aromatic carbocycles. The first kappa shape index (κ1) is 16.3. The van der Waals surface area contributed by atoms with Crippen molar-refractivity contribution in [1.82, 2.24) is 0 Å². The summed E-state index contributed by atoms with van der Waals surface area (Å²) in [5.74, 6) is -0.497. The summed E-state index contributed by atoms with van der Waals surface area (Å²) in [5.41, 5.74) is 0.829. The first-order valence-electron chi connectivity index (χ1n) is 7.47. The van der Waals surface area contributed by atoms with Crippen molar-refractivity contribution in [3.63, 3.8) is 0 Å². The number of amides is 1. The van der Waals surface area contributed by atoms with E-state index in [-0.39, 0.29) is 12.5 Å². The Morgan fingerprint density at radius 3 is 2.55 bits per heavy atom. The Balaban J connectivity index is 2.50. The quantitative estimate of drug-likeness (QED) is 0.745. The van der Waals surface area contributed by atoms with Crippen LogP contribution in [0.15, 0.2) is 24.3 Å². The summed E-state index contributed by atoms with van der Waals surface area (Å²) < 4.78 is 10.8. The number of para-hydroxylation sites is 1. The Morgan fingerprint density at radius 2 is 1.95 bits per heavy atom. The van der Waals surface area contributed by atoms with Crippen LogP contribution in [0.3, 0.4) is 0 Å². The van der Waals surface area contributed by atoms with E-state index in [9.17, 15) is 9.59 Å². The number of esters is 1. The lowest BCUT2D eigenvalue weighted by atomic mass is 10.0. The van der Waals surface area contributed by atoms with Crippen molar-refractivity contribution in [1.29, 1.82) is 0 Å². The maximum Gasteiger partial charge on any atom is 0.415 e. The number of benzene rings is 1. The molecule has 0 saturated carbocycles. The molecule has 5 nitrogen and oxygen atoms in total. The van der Waals surface area contributed by atoms with Crippen LogP contribution in [0.5, 0.6) is 0 Å². The van der Waals surface area contributed by atoms with Crippen LogP contribution in [0.25, 0.3) is 0 Å². The van der Waals surface area contributed by atoms with Gasteiger partial charge in [0.15, 0.2) is 0 Å². The minimum atomic E-state index is -0.696. The molecule has 1 heterocycles. The zero-order valence-corrected chi connectivity index (χ0v) is 13.8. The number of hydrogen-bond acceptors (Lipinski definition) is 4. The van der Waals surface area contributed by atoms with Crippen LogP contribution in [0.4, 0.5) is 10.5 Å². The maximum atomic E-state index is 12.7. The van der Waals surface area contributed by atoms with Gasteiger partial charge in [0, 0.05) is 5.56 Å². The van der Waals surface area contributed by atoms with Crippen molar-refractivity contribution in [3.8, 4) is 0 Å². The van der Waals surface area contributed by atoms with Gasteiger partial charge in [-0.3, -0.25) is 4.90 Å². The van der Waals surface area contributed by atoms with Crippen molar-refractivity contribution >= 4 is 17.7 Å². The summed E-state index contributed by atoms with van der Waals surface area (Å²) >= 11 is 0. The van der Waals surface area contributed by atoms with Crippen LogP contribution in [0, 0.1) is 5.92 Å². The zero-order chi connectivity index (χ0) is 16.5. The molecule has 1 aliphatic heterocycles. The molecule has 1 aromatic rings. The topological polar surface area (TPSA) is 55.8 Å². The van der Waals surface area contributed by atoms with Crippen molar-refractivity contribution in [3.05, 3.63) is 29.8 Å². The Bertz CT molecular complexity index is 574. The summed E-state index contributed by atoms with van der Waals surface area (Å²) in [6, 6.07) is 6.66. The molecule has 0 saturated heterocycles. The van der Waals surface area contributed by atoms with Gasteiger partial charge in [-0.2, -0.15) is 0 Å². The standard InChI is InChI=1S/C17H23NO4/c1-11(2)14-15(19)21-10-12-8-6-7-9-13(12)18(14)16(20)22-17(3,4)5/h6-9,11,14H,10H2,1-5H3/t14-/m0/s1. The number of hydrogen-bond donors (Lipinski definition) is 0. The molecule has 0 aliphatic carbocycles. The van der Waals surface area contributed by atoms with Gasteiger partial charge in [0.25, 0.3) is 0 Å². The van der Waals surface area contributed by atoms with Crippen molar-refractivity contribution in [2.75, 3.05) is 4.90 Å². The van der Waals surface area contributed by atoms with Gasteiger partial charge in [0.2, 0.25) is 0 Å². The third kappa shape index (κ3) is 3.40. The average Bonchev–Trinajstić information content (AvgIpc) is 2.54. The second-order valence-corrected chi connectivity index (χ2v) is 6.78. The van der Waals surface area contributed by atoms with Crippen molar-refractivity contribution < 1.29 is 19.1 Å². The molecule has 1 amide bonds. The fraction of sp³-hybridized carbons (Fsp3) is 0.529. The highest BCUT2D eigenvalue weighted by atomic mass is 16.6. The average molecular weight is 305 g/mol. The van der Waals surface area contributed by atoms with Crippen LogP contribution in [-0.2, 0) is 20.9 Å². The molecule has 0 aromatic heterocycles. The molecule has 1 aliphatic rings. The molecule has 2 rings (SSSR count). The molecule has 0 fully saturated rings. The third-order valence-electron chi connectivity index (χ3n) is 3.36. The zero-order valence-electron chi connectivity index (χ0n) is 13.8. The van der Waals surface area contributed by atoms with Gasteiger partial charge in [0.05, 0.1) is 5.69 Å². The predicted octanol–water partition coefficient (Wildman–Crippen LogP) is 3.51. The Kier molecular flexibility index (Phi) is 4.44. The lowest BCUT2D eigenvalue weighted by Crippen LogP contribution is -2.50. The van der Waals surface area contributed by atoms with E-state index < -0.39 is 23.7 Å². The molecule has 0 N–H and O–H groups in total. The molecule has 5 heteroatoms. The van der Waals surface area contributed by atoms with E-state index in [0.29, 0.717) is 5.69 Å². The molecule has 1 atom stereocenters. The third-order valence-corrected chi connectivity index (χ3v) is 3.36. The summed E-state index contributed by atoms with van der Waals surface area (Å²) in [6.45, 7) is 9.35. The number of fused-ring (bicyclic) bond motifs is 1. The highest BCUT2D eigenvalue weighted by Crippen LogP contribution is 2.31. The van der Waals surface area contributed by atoms with Gasteiger partial charge in [-0.15, -0.1) is 0 Å². The monoisotopic (exact) mass is 305 g/mol.